The molecule has 10 heteroatoms. The van der Waals surface area contributed by atoms with Crippen LogP contribution < -0.4 is 10.1 Å². The lowest BCUT2D eigenvalue weighted by Crippen LogP contribution is -2.20. The number of nitro groups is 1. The fourth-order valence-corrected chi connectivity index (χ4v) is 4.20. The number of benzene rings is 3. The maximum absolute atomic E-state index is 12.8. The number of aryl methyl sites for hydroxylation is 2. The first-order valence-electron chi connectivity index (χ1n) is 9.86. The number of rotatable bonds is 7. The third-order valence-electron chi connectivity index (χ3n) is 4.85. The zero-order valence-electron chi connectivity index (χ0n) is 18.2. The van der Waals surface area contributed by atoms with E-state index in [0.717, 1.165) is 11.1 Å². The van der Waals surface area contributed by atoms with Gasteiger partial charge in [-0.05, 0) is 68.3 Å². The van der Waals surface area contributed by atoms with Crippen molar-refractivity contribution in [1.82, 2.24) is 5.43 Å². The molecular weight excluding hydrogens is 444 g/mol. The summed E-state index contributed by atoms with van der Waals surface area (Å²) in [6.07, 6.45) is 0. The van der Waals surface area contributed by atoms with Gasteiger partial charge < -0.3 is 0 Å². The number of nitrogens with zero attached hydrogens (tertiary/aromatic N) is 2. The molecule has 0 heterocycles. The average molecular weight is 467 g/mol. The molecule has 0 aromatic heterocycles. The second kappa shape index (κ2) is 9.61. The highest BCUT2D eigenvalue weighted by Gasteiger charge is 2.17. The van der Waals surface area contributed by atoms with E-state index in [4.69, 9.17) is 0 Å². The summed E-state index contributed by atoms with van der Waals surface area (Å²) in [4.78, 5) is 22.7. The molecule has 0 saturated carbocycles. The van der Waals surface area contributed by atoms with Gasteiger partial charge in [-0.3, -0.25) is 19.6 Å². The number of nitro benzene ring substituents is 1. The minimum atomic E-state index is -3.91. The monoisotopic (exact) mass is 466 g/mol. The molecule has 1 amide bonds. The van der Waals surface area contributed by atoms with Crippen LogP contribution >= 0.6 is 0 Å². The highest BCUT2D eigenvalue weighted by atomic mass is 32.2. The van der Waals surface area contributed by atoms with Crippen LogP contribution in [0, 0.1) is 24.0 Å². The molecule has 170 valence electrons. The number of hydrogen-bond donors (Lipinski definition) is 2. The molecule has 3 rings (SSSR count). The van der Waals surface area contributed by atoms with Crippen LogP contribution in [0.3, 0.4) is 0 Å². The first-order valence-corrected chi connectivity index (χ1v) is 11.3. The Morgan fingerprint density at radius 3 is 2.30 bits per heavy atom. The van der Waals surface area contributed by atoms with Crippen molar-refractivity contribution in [2.24, 2.45) is 5.10 Å². The molecule has 2 N–H and O–H groups in total. The van der Waals surface area contributed by atoms with Gasteiger partial charge in [-0.15, -0.1) is 0 Å². The van der Waals surface area contributed by atoms with Gasteiger partial charge in [0, 0.05) is 17.7 Å². The molecule has 0 radical (unpaired) electrons. The number of hydrazone groups is 1. The Kier molecular flexibility index (Phi) is 6.88. The Hall–Kier alpha value is -4.05. The third-order valence-corrected chi connectivity index (χ3v) is 6.22. The predicted molar refractivity (Wildman–Crippen MR) is 126 cm³/mol. The molecular formula is C23H22N4O5S. The van der Waals surface area contributed by atoms with Crippen molar-refractivity contribution in [3.05, 3.63) is 99.1 Å². The SMILES string of the molecule is CC(=NNC(=O)c1cccc(S(=O)(=O)Nc2ccc(C)cc2C)c1)c1ccc([N+](=O)[O-])cc1. The molecule has 33 heavy (non-hydrogen) atoms. The highest BCUT2D eigenvalue weighted by molar-refractivity contribution is 7.92. The fraction of sp³-hybridized carbons (Fsp3) is 0.130. The summed E-state index contributed by atoms with van der Waals surface area (Å²) in [5.41, 5.74) is 5.71. The van der Waals surface area contributed by atoms with Gasteiger partial charge in [0.25, 0.3) is 21.6 Å². The molecule has 0 atom stereocenters. The normalized spacial score (nSPS) is 11.7. The van der Waals surface area contributed by atoms with Gasteiger partial charge in [0.1, 0.15) is 0 Å². The van der Waals surface area contributed by atoms with Gasteiger partial charge in [0.15, 0.2) is 0 Å². The number of hydrogen-bond acceptors (Lipinski definition) is 6. The van der Waals surface area contributed by atoms with Crippen LogP contribution in [0.2, 0.25) is 0 Å². The lowest BCUT2D eigenvalue weighted by molar-refractivity contribution is -0.384. The molecule has 3 aromatic carbocycles. The largest absolute Gasteiger partial charge is 0.279 e. The van der Waals surface area contributed by atoms with Crippen molar-refractivity contribution in [2.75, 3.05) is 4.72 Å². The van der Waals surface area contributed by atoms with E-state index in [-0.39, 0.29) is 16.1 Å². The molecule has 0 fully saturated rings. The highest BCUT2D eigenvalue weighted by Crippen LogP contribution is 2.21. The minimum absolute atomic E-state index is 0.0527. The van der Waals surface area contributed by atoms with E-state index in [2.05, 4.69) is 15.2 Å². The van der Waals surface area contributed by atoms with Crippen molar-refractivity contribution in [2.45, 2.75) is 25.7 Å². The number of nitrogens with one attached hydrogen (secondary N) is 2. The summed E-state index contributed by atoms with van der Waals surface area (Å²) in [6, 6.07) is 16.7. The van der Waals surface area contributed by atoms with Crippen molar-refractivity contribution in [3.63, 3.8) is 0 Å². The molecule has 0 aliphatic heterocycles. The maximum atomic E-state index is 12.8. The number of carbonyl (C=O) groups excluding carboxylic acids is 1. The molecule has 0 unspecified atom stereocenters. The number of carbonyl (C=O) groups is 1. The zero-order chi connectivity index (χ0) is 24.2. The van der Waals surface area contributed by atoms with Crippen LogP contribution in [0.5, 0.6) is 0 Å². The summed E-state index contributed by atoms with van der Waals surface area (Å²) in [7, 11) is -3.91. The van der Waals surface area contributed by atoms with Crippen molar-refractivity contribution < 1.29 is 18.1 Å². The van der Waals surface area contributed by atoms with Gasteiger partial charge in [0.2, 0.25) is 0 Å². The smallest absolute Gasteiger partial charge is 0.271 e. The van der Waals surface area contributed by atoms with Crippen LogP contribution in [0.4, 0.5) is 11.4 Å². The van der Waals surface area contributed by atoms with Crippen LogP contribution in [0.15, 0.2) is 76.7 Å². The second-order valence-electron chi connectivity index (χ2n) is 7.39. The number of amides is 1. The molecule has 0 aliphatic carbocycles. The van der Waals surface area contributed by atoms with Crippen LogP contribution in [-0.4, -0.2) is 25.0 Å². The first-order chi connectivity index (χ1) is 15.6. The first kappa shape index (κ1) is 23.6. The predicted octanol–water partition coefficient (Wildman–Crippen LogP) is 4.17. The van der Waals surface area contributed by atoms with E-state index < -0.39 is 20.9 Å². The Bertz CT molecular complexity index is 1350. The topological polar surface area (TPSA) is 131 Å². The van der Waals surface area contributed by atoms with Crippen molar-refractivity contribution in [3.8, 4) is 0 Å². The fourth-order valence-electron chi connectivity index (χ4n) is 3.02. The minimum Gasteiger partial charge on any atom is -0.279 e. The average Bonchev–Trinajstić information content (AvgIpc) is 2.79. The number of non-ortho nitro benzene ring substituents is 1. The van der Waals surface area contributed by atoms with E-state index in [1.165, 1.54) is 48.5 Å². The van der Waals surface area contributed by atoms with Crippen LogP contribution in [0.1, 0.15) is 34.0 Å². The lowest BCUT2D eigenvalue weighted by Gasteiger charge is -2.12. The molecule has 0 aliphatic rings. The molecule has 3 aromatic rings. The van der Waals surface area contributed by atoms with Crippen molar-refractivity contribution >= 4 is 33.0 Å². The Labute approximate surface area is 191 Å². The van der Waals surface area contributed by atoms with E-state index in [1.807, 2.05) is 13.0 Å². The maximum Gasteiger partial charge on any atom is 0.271 e. The summed E-state index contributed by atoms with van der Waals surface area (Å²) in [6.45, 7) is 5.36. The van der Waals surface area contributed by atoms with Crippen LogP contribution in [-0.2, 0) is 10.0 Å². The van der Waals surface area contributed by atoms with E-state index in [9.17, 15) is 23.3 Å². The Morgan fingerprint density at radius 2 is 1.67 bits per heavy atom. The molecule has 9 nitrogen and oxygen atoms in total. The van der Waals surface area contributed by atoms with E-state index in [1.54, 1.807) is 26.0 Å². The second-order valence-corrected chi connectivity index (χ2v) is 9.08. The molecule has 0 saturated heterocycles. The summed E-state index contributed by atoms with van der Waals surface area (Å²) in [5.74, 6) is -0.597. The van der Waals surface area contributed by atoms with Crippen molar-refractivity contribution in [1.29, 1.82) is 0 Å². The van der Waals surface area contributed by atoms with E-state index >= 15 is 0 Å². The molecule has 0 spiro atoms. The summed E-state index contributed by atoms with van der Waals surface area (Å²) in [5, 5.41) is 14.8. The number of anilines is 1. The van der Waals surface area contributed by atoms with Gasteiger partial charge in [0.05, 0.1) is 21.2 Å². The summed E-state index contributed by atoms with van der Waals surface area (Å²) >= 11 is 0. The zero-order valence-corrected chi connectivity index (χ0v) is 19.0. The third kappa shape index (κ3) is 5.80. The van der Waals surface area contributed by atoms with Gasteiger partial charge >= 0.3 is 0 Å². The van der Waals surface area contributed by atoms with Gasteiger partial charge in [-0.1, -0.05) is 23.8 Å². The Balaban J connectivity index is 1.76. The standard InChI is InChI=1S/C23H22N4O5S/c1-15-7-12-22(16(2)13-15)26-33(31,32)21-6-4-5-19(14-21)23(28)25-24-17(3)18-8-10-20(11-9-18)27(29)30/h4-14,26H,1-3H3,(H,25,28). The quantitative estimate of drug-likeness (QED) is 0.307. The molecule has 0 bridgehead atoms. The lowest BCUT2D eigenvalue weighted by atomic mass is 10.1. The van der Waals surface area contributed by atoms with Crippen LogP contribution in [0.25, 0.3) is 0 Å². The van der Waals surface area contributed by atoms with E-state index in [0.29, 0.717) is 17.0 Å². The summed E-state index contributed by atoms with van der Waals surface area (Å²) < 4.78 is 28.2. The number of sulfonamides is 1. The van der Waals surface area contributed by atoms with Gasteiger partial charge in [-0.2, -0.15) is 5.10 Å². The Morgan fingerprint density at radius 1 is 0.970 bits per heavy atom. The van der Waals surface area contributed by atoms with Gasteiger partial charge in [-0.25, -0.2) is 13.8 Å².